The maximum atomic E-state index is 12.2. The summed E-state index contributed by atoms with van der Waals surface area (Å²) in [5.74, 6) is 0.988. The van der Waals surface area contributed by atoms with Crippen LogP contribution in [0.2, 0.25) is 0 Å². The van der Waals surface area contributed by atoms with Crippen molar-refractivity contribution < 1.29 is 14.3 Å². The minimum absolute atomic E-state index is 0.0346. The second kappa shape index (κ2) is 10.1. The molecule has 0 spiro atoms. The average Bonchev–Trinajstić information content (AvgIpc) is 2.52. The van der Waals surface area contributed by atoms with Crippen LogP contribution in [-0.2, 0) is 9.59 Å². The molecule has 2 amide bonds. The smallest absolute Gasteiger partial charge is 0.239 e. The van der Waals surface area contributed by atoms with Crippen molar-refractivity contribution in [3.05, 3.63) is 24.3 Å². The van der Waals surface area contributed by atoms with E-state index in [0.717, 1.165) is 10.6 Å². The fraction of sp³-hybridized carbons (Fsp3) is 0.500. The maximum Gasteiger partial charge on any atom is 0.239 e. The first-order chi connectivity index (χ1) is 10.6. The summed E-state index contributed by atoms with van der Waals surface area (Å²) < 4.78 is 5.38. The number of nitrogens with one attached hydrogen (secondary N) is 1. The zero-order chi connectivity index (χ0) is 16.4. The number of thioether (sulfide) groups is 1. The van der Waals surface area contributed by atoms with E-state index in [1.54, 1.807) is 4.90 Å². The van der Waals surface area contributed by atoms with Gasteiger partial charge in [-0.2, -0.15) is 0 Å². The van der Waals surface area contributed by atoms with Gasteiger partial charge in [-0.1, -0.05) is 0 Å². The van der Waals surface area contributed by atoms with E-state index in [4.69, 9.17) is 4.74 Å². The van der Waals surface area contributed by atoms with Crippen LogP contribution >= 0.6 is 11.8 Å². The number of hydrogen-bond acceptors (Lipinski definition) is 4. The molecule has 1 aromatic carbocycles. The molecule has 0 aliphatic rings. The number of amides is 2. The van der Waals surface area contributed by atoms with Crippen molar-refractivity contribution in [1.29, 1.82) is 0 Å². The lowest BCUT2D eigenvalue weighted by atomic mass is 10.3. The Kier molecular flexibility index (Phi) is 8.43. The Labute approximate surface area is 136 Å². The fourth-order valence-electron chi connectivity index (χ4n) is 1.84. The van der Waals surface area contributed by atoms with Gasteiger partial charge in [0, 0.05) is 18.0 Å². The van der Waals surface area contributed by atoms with Gasteiger partial charge in [0.25, 0.3) is 0 Å². The lowest BCUT2D eigenvalue weighted by Crippen LogP contribution is -2.41. The Morgan fingerprint density at radius 1 is 1.18 bits per heavy atom. The molecule has 0 radical (unpaired) electrons. The average molecular weight is 324 g/mol. The molecule has 1 aromatic rings. The fourth-order valence-corrected chi connectivity index (χ4v) is 2.64. The highest BCUT2D eigenvalue weighted by Gasteiger charge is 2.15. The molecule has 0 atom stereocenters. The highest BCUT2D eigenvalue weighted by atomic mass is 32.2. The molecule has 0 bridgehead atoms. The normalized spacial score (nSPS) is 10.1. The molecule has 1 N–H and O–H groups in total. The van der Waals surface area contributed by atoms with E-state index in [2.05, 4.69) is 5.32 Å². The minimum Gasteiger partial charge on any atom is -0.494 e. The van der Waals surface area contributed by atoms with Crippen molar-refractivity contribution in [3.8, 4) is 5.75 Å². The van der Waals surface area contributed by atoms with E-state index in [1.807, 2.05) is 45.0 Å². The zero-order valence-corrected chi connectivity index (χ0v) is 14.2. The predicted molar refractivity (Wildman–Crippen MR) is 89.3 cm³/mol. The Morgan fingerprint density at radius 3 is 2.41 bits per heavy atom. The number of carbonyl (C=O) groups excluding carboxylic acids is 2. The van der Waals surface area contributed by atoms with Crippen LogP contribution < -0.4 is 10.1 Å². The van der Waals surface area contributed by atoms with Crippen LogP contribution in [0.4, 0.5) is 0 Å². The number of carbonyl (C=O) groups is 2. The van der Waals surface area contributed by atoms with Crippen LogP contribution in [0.15, 0.2) is 29.2 Å². The third kappa shape index (κ3) is 6.39. The number of likely N-dealkylation sites (N-methyl/N-ethyl adjacent to an activating group) is 2. The Morgan fingerprint density at radius 2 is 1.86 bits per heavy atom. The Bertz CT molecular complexity index is 477. The molecule has 0 aliphatic heterocycles. The quantitative estimate of drug-likeness (QED) is 0.707. The SMILES string of the molecule is CCNC(=O)CN(CC)C(=O)CSc1ccc(OCC)cc1. The van der Waals surface area contributed by atoms with Crippen molar-refractivity contribution in [2.75, 3.05) is 32.0 Å². The highest BCUT2D eigenvalue weighted by Crippen LogP contribution is 2.21. The van der Waals surface area contributed by atoms with E-state index in [0.29, 0.717) is 25.4 Å². The molecule has 0 unspecified atom stereocenters. The molecule has 5 nitrogen and oxygen atoms in total. The van der Waals surface area contributed by atoms with Gasteiger partial charge in [0.05, 0.1) is 18.9 Å². The molecule has 0 fully saturated rings. The number of ether oxygens (including phenoxy) is 1. The van der Waals surface area contributed by atoms with Gasteiger partial charge in [-0.3, -0.25) is 9.59 Å². The van der Waals surface area contributed by atoms with Crippen LogP contribution in [0.1, 0.15) is 20.8 Å². The van der Waals surface area contributed by atoms with Gasteiger partial charge < -0.3 is 15.0 Å². The van der Waals surface area contributed by atoms with E-state index in [1.165, 1.54) is 11.8 Å². The topological polar surface area (TPSA) is 58.6 Å². The van der Waals surface area contributed by atoms with E-state index >= 15 is 0 Å². The van der Waals surface area contributed by atoms with Gasteiger partial charge in [0.15, 0.2) is 0 Å². The molecule has 0 aromatic heterocycles. The van der Waals surface area contributed by atoms with Crippen molar-refractivity contribution in [3.63, 3.8) is 0 Å². The molecular weight excluding hydrogens is 300 g/mol. The monoisotopic (exact) mass is 324 g/mol. The second-order valence-corrected chi connectivity index (χ2v) is 5.60. The van der Waals surface area contributed by atoms with Crippen LogP contribution in [0.3, 0.4) is 0 Å². The number of rotatable bonds is 9. The third-order valence-electron chi connectivity index (χ3n) is 2.94. The van der Waals surface area contributed by atoms with Crippen molar-refractivity contribution >= 4 is 23.6 Å². The highest BCUT2D eigenvalue weighted by molar-refractivity contribution is 8.00. The number of nitrogens with zero attached hydrogens (tertiary/aromatic N) is 1. The molecule has 0 saturated heterocycles. The molecule has 1 rings (SSSR count). The summed E-state index contributed by atoms with van der Waals surface area (Å²) in [6.45, 7) is 7.53. The first kappa shape index (κ1) is 18.4. The molecule has 122 valence electrons. The van der Waals surface area contributed by atoms with Crippen LogP contribution in [-0.4, -0.2) is 48.7 Å². The first-order valence-electron chi connectivity index (χ1n) is 7.50. The summed E-state index contributed by atoms with van der Waals surface area (Å²) in [7, 11) is 0. The summed E-state index contributed by atoms with van der Waals surface area (Å²) in [5, 5.41) is 2.70. The second-order valence-electron chi connectivity index (χ2n) is 4.55. The predicted octanol–water partition coefficient (Wildman–Crippen LogP) is 2.16. The van der Waals surface area contributed by atoms with Gasteiger partial charge in [0.2, 0.25) is 11.8 Å². The third-order valence-corrected chi connectivity index (χ3v) is 3.94. The molecule has 0 heterocycles. The summed E-state index contributed by atoms with van der Waals surface area (Å²) in [4.78, 5) is 26.3. The van der Waals surface area contributed by atoms with Crippen LogP contribution in [0.25, 0.3) is 0 Å². The van der Waals surface area contributed by atoms with E-state index in [-0.39, 0.29) is 18.4 Å². The largest absolute Gasteiger partial charge is 0.494 e. The zero-order valence-electron chi connectivity index (χ0n) is 13.4. The van der Waals surface area contributed by atoms with Crippen LogP contribution in [0.5, 0.6) is 5.75 Å². The van der Waals surface area contributed by atoms with Gasteiger partial charge in [-0.15, -0.1) is 11.8 Å². The van der Waals surface area contributed by atoms with Crippen molar-refractivity contribution in [2.24, 2.45) is 0 Å². The summed E-state index contributed by atoms with van der Waals surface area (Å²) in [6.07, 6.45) is 0. The van der Waals surface area contributed by atoms with Gasteiger partial charge in [-0.05, 0) is 45.0 Å². The Hall–Kier alpha value is -1.69. The van der Waals surface area contributed by atoms with Gasteiger partial charge >= 0.3 is 0 Å². The van der Waals surface area contributed by atoms with Gasteiger partial charge in [-0.25, -0.2) is 0 Å². The molecule has 0 aliphatic carbocycles. The van der Waals surface area contributed by atoms with Gasteiger partial charge in [0.1, 0.15) is 5.75 Å². The Balaban J connectivity index is 2.47. The maximum absolute atomic E-state index is 12.2. The van der Waals surface area contributed by atoms with Crippen molar-refractivity contribution in [1.82, 2.24) is 10.2 Å². The molecule has 0 saturated carbocycles. The lowest BCUT2D eigenvalue weighted by Gasteiger charge is -2.20. The molecular formula is C16H24N2O3S. The van der Waals surface area contributed by atoms with Crippen molar-refractivity contribution in [2.45, 2.75) is 25.7 Å². The molecule has 22 heavy (non-hydrogen) atoms. The summed E-state index contributed by atoms with van der Waals surface area (Å²) >= 11 is 1.46. The standard InChI is InChI=1S/C16H24N2O3S/c1-4-17-15(19)11-18(5-2)16(20)12-22-14-9-7-13(8-10-14)21-6-3/h7-10H,4-6,11-12H2,1-3H3,(H,17,19). The lowest BCUT2D eigenvalue weighted by molar-refractivity contribution is -0.133. The first-order valence-corrected chi connectivity index (χ1v) is 8.49. The van der Waals surface area contributed by atoms with E-state index in [9.17, 15) is 9.59 Å². The molecule has 6 heteroatoms. The number of hydrogen-bond donors (Lipinski definition) is 1. The summed E-state index contributed by atoms with van der Waals surface area (Å²) in [6, 6.07) is 7.65. The minimum atomic E-state index is -0.122. The number of benzene rings is 1. The van der Waals surface area contributed by atoms with E-state index < -0.39 is 0 Å². The van der Waals surface area contributed by atoms with Crippen LogP contribution in [0, 0.1) is 0 Å². The summed E-state index contributed by atoms with van der Waals surface area (Å²) in [5.41, 5.74) is 0.